The second-order valence-corrected chi connectivity index (χ2v) is 6.99. The molecule has 0 saturated carbocycles. The van der Waals surface area contributed by atoms with Gasteiger partial charge in [0.15, 0.2) is 11.5 Å². The van der Waals surface area contributed by atoms with E-state index in [0.29, 0.717) is 0 Å². The van der Waals surface area contributed by atoms with Crippen LogP contribution >= 0.6 is 0 Å². The highest BCUT2D eigenvalue weighted by Gasteiger charge is 2.09. The standard InChI is InChI=1S/C22H20N6/c1-26(15-22-25-24-21-8-4-5-13-27(21)22)14-17-9-11-18(12-10-17)28-16-23-19-6-2-3-7-20(19)28/h2-13,16H,14-15H2,1H3. The lowest BCUT2D eigenvalue weighted by Gasteiger charge is -2.16. The molecule has 0 N–H and O–H groups in total. The number of nitrogens with zero attached hydrogens (tertiary/aromatic N) is 6. The molecule has 3 aromatic heterocycles. The molecule has 28 heavy (non-hydrogen) atoms. The van der Waals surface area contributed by atoms with Gasteiger partial charge >= 0.3 is 0 Å². The van der Waals surface area contributed by atoms with Crippen LogP contribution in [0.3, 0.4) is 0 Å². The van der Waals surface area contributed by atoms with Gasteiger partial charge in [-0.05, 0) is 49.0 Å². The molecule has 0 saturated heterocycles. The molecule has 0 unspecified atom stereocenters. The molecule has 0 atom stereocenters. The third-order valence-corrected chi connectivity index (χ3v) is 4.92. The van der Waals surface area contributed by atoms with Crippen molar-refractivity contribution < 1.29 is 0 Å². The number of hydrogen-bond donors (Lipinski definition) is 0. The van der Waals surface area contributed by atoms with Gasteiger partial charge in [-0.1, -0.05) is 30.3 Å². The third kappa shape index (κ3) is 3.04. The van der Waals surface area contributed by atoms with Crippen LogP contribution in [0, 0.1) is 0 Å². The van der Waals surface area contributed by atoms with Crippen molar-refractivity contribution in [3.05, 3.63) is 90.6 Å². The summed E-state index contributed by atoms with van der Waals surface area (Å²) < 4.78 is 4.15. The first kappa shape index (κ1) is 16.6. The van der Waals surface area contributed by atoms with Gasteiger partial charge in [0.2, 0.25) is 0 Å². The largest absolute Gasteiger partial charge is 0.299 e. The van der Waals surface area contributed by atoms with E-state index in [9.17, 15) is 0 Å². The number of rotatable bonds is 5. The molecule has 6 heteroatoms. The summed E-state index contributed by atoms with van der Waals surface area (Å²) >= 11 is 0. The molecule has 0 aliphatic heterocycles. The highest BCUT2D eigenvalue weighted by atomic mass is 15.3. The summed E-state index contributed by atoms with van der Waals surface area (Å²) in [6.07, 6.45) is 3.88. The van der Waals surface area contributed by atoms with Crippen LogP contribution in [0.1, 0.15) is 11.4 Å². The molecule has 0 radical (unpaired) electrons. The summed E-state index contributed by atoms with van der Waals surface area (Å²) in [6.45, 7) is 1.58. The number of pyridine rings is 1. The van der Waals surface area contributed by atoms with Crippen LogP contribution in [0.2, 0.25) is 0 Å². The van der Waals surface area contributed by atoms with E-state index >= 15 is 0 Å². The van der Waals surface area contributed by atoms with Gasteiger partial charge in [0.25, 0.3) is 0 Å². The third-order valence-electron chi connectivity index (χ3n) is 4.92. The van der Waals surface area contributed by atoms with Gasteiger partial charge in [0.05, 0.1) is 17.6 Å². The maximum Gasteiger partial charge on any atom is 0.160 e. The second kappa shape index (κ2) is 6.90. The Bertz CT molecular complexity index is 1230. The van der Waals surface area contributed by atoms with Crippen molar-refractivity contribution in [2.75, 3.05) is 7.05 Å². The van der Waals surface area contributed by atoms with Crippen molar-refractivity contribution in [2.45, 2.75) is 13.1 Å². The fourth-order valence-electron chi connectivity index (χ4n) is 3.53. The van der Waals surface area contributed by atoms with Crippen LogP contribution < -0.4 is 0 Å². The van der Waals surface area contributed by atoms with Crippen LogP contribution in [0.25, 0.3) is 22.4 Å². The van der Waals surface area contributed by atoms with E-state index in [2.05, 4.69) is 62.0 Å². The first-order valence-corrected chi connectivity index (χ1v) is 9.26. The zero-order valence-corrected chi connectivity index (χ0v) is 15.6. The number of hydrogen-bond acceptors (Lipinski definition) is 4. The van der Waals surface area contributed by atoms with Gasteiger partial charge in [-0.3, -0.25) is 13.9 Å². The highest BCUT2D eigenvalue weighted by molar-refractivity contribution is 5.77. The molecule has 6 nitrogen and oxygen atoms in total. The van der Waals surface area contributed by atoms with Gasteiger partial charge in [0.1, 0.15) is 6.33 Å². The Hall–Kier alpha value is -3.51. The Morgan fingerprint density at radius 3 is 2.57 bits per heavy atom. The summed E-state index contributed by atoms with van der Waals surface area (Å²) in [6, 6.07) is 22.7. The van der Waals surface area contributed by atoms with Crippen LogP contribution in [0.4, 0.5) is 0 Å². The minimum absolute atomic E-state index is 0.735. The molecular formula is C22H20N6. The Balaban J connectivity index is 1.32. The average molecular weight is 368 g/mol. The van der Waals surface area contributed by atoms with Crippen molar-refractivity contribution in [2.24, 2.45) is 0 Å². The van der Waals surface area contributed by atoms with E-state index in [1.807, 2.05) is 53.3 Å². The lowest BCUT2D eigenvalue weighted by molar-refractivity contribution is 0.309. The van der Waals surface area contributed by atoms with Crippen LogP contribution in [0.5, 0.6) is 0 Å². The van der Waals surface area contributed by atoms with Crippen molar-refractivity contribution >= 4 is 16.7 Å². The molecule has 0 amide bonds. The Morgan fingerprint density at radius 2 is 1.68 bits per heavy atom. The highest BCUT2D eigenvalue weighted by Crippen LogP contribution is 2.19. The van der Waals surface area contributed by atoms with Crippen molar-refractivity contribution in [3.63, 3.8) is 0 Å². The van der Waals surface area contributed by atoms with Gasteiger partial charge in [-0.15, -0.1) is 10.2 Å². The Labute approximate surface area is 162 Å². The predicted molar refractivity (Wildman–Crippen MR) is 109 cm³/mol. The molecule has 5 rings (SSSR count). The SMILES string of the molecule is CN(Cc1ccc(-n2cnc3ccccc32)cc1)Cc1nnc2ccccn12. The number of para-hydroxylation sites is 2. The summed E-state index contributed by atoms with van der Waals surface area (Å²) in [7, 11) is 2.10. The van der Waals surface area contributed by atoms with Gasteiger partial charge in [-0.25, -0.2) is 4.98 Å². The molecule has 0 aliphatic rings. The molecule has 0 bridgehead atoms. The summed E-state index contributed by atoms with van der Waals surface area (Å²) in [5, 5.41) is 8.54. The van der Waals surface area contributed by atoms with E-state index in [0.717, 1.165) is 41.3 Å². The van der Waals surface area contributed by atoms with E-state index in [1.54, 1.807) is 0 Å². The minimum Gasteiger partial charge on any atom is -0.299 e. The molecule has 3 heterocycles. The quantitative estimate of drug-likeness (QED) is 0.475. The van der Waals surface area contributed by atoms with Crippen LogP contribution in [0.15, 0.2) is 79.3 Å². The minimum atomic E-state index is 0.735. The normalized spacial score (nSPS) is 11.6. The van der Waals surface area contributed by atoms with Gasteiger partial charge in [-0.2, -0.15) is 0 Å². The molecule has 138 valence electrons. The smallest absolute Gasteiger partial charge is 0.160 e. The molecule has 5 aromatic rings. The fraction of sp³-hybridized carbons (Fsp3) is 0.136. The summed E-state index contributed by atoms with van der Waals surface area (Å²) in [5.41, 5.74) is 5.37. The van der Waals surface area contributed by atoms with Gasteiger partial charge in [0, 0.05) is 18.4 Å². The van der Waals surface area contributed by atoms with E-state index in [4.69, 9.17) is 0 Å². The second-order valence-electron chi connectivity index (χ2n) is 6.99. The lowest BCUT2D eigenvalue weighted by atomic mass is 10.2. The summed E-state index contributed by atoms with van der Waals surface area (Å²) in [5.74, 6) is 0.944. The average Bonchev–Trinajstić information content (AvgIpc) is 3.33. The first-order valence-electron chi connectivity index (χ1n) is 9.26. The van der Waals surface area contributed by atoms with Crippen LogP contribution in [-0.4, -0.2) is 36.1 Å². The molecule has 0 aliphatic carbocycles. The fourth-order valence-corrected chi connectivity index (χ4v) is 3.53. The topological polar surface area (TPSA) is 51.2 Å². The number of aromatic nitrogens is 5. The predicted octanol–water partition coefficient (Wildman–Crippen LogP) is 3.70. The monoisotopic (exact) mass is 368 g/mol. The maximum atomic E-state index is 4.47. The maximum absolute atomic E-state index is 4.47. The molecule has 0 fully saturated rings. The van der Waals surface area contributed by atoms with Crippen molar-refractivity contribution in [3.8, 4) is 5.69 Å². The number of benzene rings is 2. The lowest BCUT2D eigenvalue weighted by Crippen LogP contribution is -2.19. The number of fused-ring (bicyclic) bond motifs is 2. The molecule has 2 aromatic carbocycles. The van der Waals surface area contributed by atoms with E-state index in [1.165, 1.54) is 5.56 Å². The zero-order valence-electron chi connectivity index (χ0n) is 15.6. The first-order chi connectivity index (χ1) is 13.8. The van der Waals surface area contributed by atoms with Crippen molar-refractivity contribution in [1.82, 2.24) is 29.0 Å². The molecular weight excluding hydrogens is 348 g/mol. The molecule has 0 spiro atoms. The zero-order chi connectivity index (χ0) is 18.9. The van der Waals surface area contributed by atoms with Crippen molar-refractivity contribution in [1.29, 1.82) is 0 Å². The Kier molecular flexibility index (Phi) is 4.10. The summed E-state index contributed by atoms with van der Waals surface area (Å²) in [4.78, 5) is 6.71. The van der Waals surface area contributed by atoms with Gasteiger partial charge < -0.3 is 0 Å². The Morgan fingerprint density at radius 1 is 0.857 bits per heavy atom. The van der Waals surface area contributed by atoms with E-state index in [-0.39, 0.29) is 0 Å². The number of imidazole rings is 1. The van der Waals surface area contributed by atoms with E-state index < -0.39 is 0 Å². The van der Waals surface area contributed by atoms with Crippen LogP contribution in [-0.2, 0) is 13.1 Å².